The first-order valence-electron chi connectivity index (χ1n) is 8.84. The molecule has 29 heavy (non-hydrogen) atoms. The van der Waals surface area contributed by atoms with Crippen molar-refractivity contribution in [1.29, 1.82) is 0 Å². The highest BCUT2D eigenvalue weighted by atomic mass is 79.9. The highest BCUT2D eigenvalue weighted by Crippen LogP contribution is 2.33. The van der Waals surface area contributed by atoms with E-state index in [0.717, 1.165) is 27.4 Å². The van der Waals surface area contributed by atoms with Gasteiger partial charge in [-0.2, -0.15) is 0 Å². The van der Waals surface area contributed by atoms with Crippen molar-refractivity contribution < 1.29 is 23.9 Å². The first-order valence-corrected chi connectivity index (χ1v) is 10.5. The first-order chi connectivity index (χ1) is 14.0. The van der Waals surface area contributed by atoms with Crippen LogP contribution in [0.5, 0.6) is 5.75 Å². The summed E-state index contributed by atoms with van der Waals surface area (Å²) < 4.78 is 11.1. The summed E-state index contributed by atoms with van der Waals surface area (Å²) in [5.41, 5.74) is 1.63. The number of hydrogen-bond donors (Lipinski definition) is 0. The standard InChI is InChI=1S/C21H18BrNO5S/c1-2-27-19(24)13-28-17-9-5-14(6-10-17)11-18-20(25)23(21(26)29-18)12-15-3-7-16(22)8-4-15/h3-11H,2,12-13H2,1H3/b18-11-. The molecule has 0 N–H and O–H groups in total. The number of ether oxygens (including phenoxy) is 2. The monoisotopic (exact) mass is 475 g/mol. The number of esters is 1. The van der Waals surface area contributed by atoms with E-state index in [4.69, 9.17) is 9.47 Å². The van der Waals surface area contributed by atoms with Gasteiger partial charge in [-0.25, -0.2) is 4.79 Å². The number of nitrogens with zero attached hydrogens (tertiary/aromatic N) is 1. The lowest BCUT2D eigenvalue weighted by molar-refractivity contribution is -0.145. The molecule has 0 aliphatic carbocycles. The molecule has 150 valence electrons. The largest absolute Gasteiger partial charge is 0.482 e. The fourth-order valence-corrected chi connectivity index (χ4v) is 3.67. The van der Waals surface area contributed by atoms with Crippen LogP contribution in [0.2, 0.25) is 0 Å². The molecule has 2 aromatic rings. The summed E-state index contributed by atoms with van der Waals surface area (Å²) >= 11 is 4.28. The zero-order valence-corrected chi connectivity index (χ0v) is 18.0. The van der Waals surface area contributed by atoms with E-state index in [1.165, 1.54) is 4.90 Å². The predicted molar refractivity (Wildman–Crippen MR) is 114 cm³/mol. The Bertz CT molecular complexity index is 941. The molecule has 2 aromatic carbocycles. The molecule has 0 atom stereocenters. The van der Waals surface area contributed by atoms with Gasteiger partial charge in [0, 0.05) is 4.47 Å². The van der Waals surface area contributed by atoms with Crippen LogP contribution in [0.4, 0.5) is 4.79 Å². The van der Waals surface area contributed by atoms with Gasteiger partial charge in [-0.05, 0) is 60.2 Å². The zero-order chi connectivity index (χ0) is 20.8. The van der Waals surface area contributed by atoms with Gasteiger partial charge in [0.15, 0.2) is 6.61 Å². The lowest BCUT2D eigenvalue weighted by Gasteiger charge is -2.12. The summed E-state index contributed by atoms with van der Waals surface area (Å²) in [7, 11) is 0. The van der Waals surface area contributed by atoms with Gasteiger partial charge < -0.3 is 9.47 Å². The third-order valence-electron chi connectivity index (χ3n) is 3.97. The number of carbonyl (C=O) groups excluding carboxylic acids is 3. The summed E-state index contributed by atoms with van der Waals surface area (Å²) in [6.07, 6.45) is 1.67. The van der Waals surface area contributed by atoms with Crippen LogP contribution in [-0.4, -0.2) is 35.2 Å². The van der Waals surface area contributed by atoms with E-state index in [-0.39, 0.29) is 24.3 Å². The van der Waals surface area contributed by atoms with Crippen molar-refractivity contribution in [3.05, 3.63) is 69.0 Å². The second kappa shape index (κ2) is 9.76. The minimum Gasteiger partial charge on any atom is -0.482 e. The number of thioether (sulfide) groups is 1. The van der Waals surface area contributed by atoms with Gasteiger partial charge in [0.25, 0.3) is 11.1 Å². The summed E-state index contributed by atoms with van der Waals surface area (Å²) in [5.74, 6) is -0.236. The van der Waals surface area contributed by atoms with E-state index in [9.17, 15) is 14.4 Å². The van der Waals surface area contributed by atoms with Crippen molar-refractivity contribution in [3.63, 3.8) is 0 Å². The van der Waals surface area contributed by atoms with Crippen molar-refractivity contribution in [1.82, 2.24) is 4.90 Å². The van der Waals surface area contributed by atoms with E-state index in [2.05, 4.69) is 15.9 Å². The molecule has 0 aromatic heterocycles. The van der Waals surface area contributed by atoms with Gasteiger partial charge >= 0.3 is 5.97 Å². The molecule has 1 saturated heterocycles. The molecule has 0 saturated carbocycles. The van der Waals surface area contributed by atoms with Crippen LogP contribution in [-0.2, 0) is 20.9 Å². The maximum Gasteiger partial charge on any atom is 0.344 e. The fraction of sp³-hybridized carbons (Fsp3) is 0.190. The molecule has 0 radical (unpaired) electrons. The summed E-state index contributed by atoms with van der Waals surface area (Å²) in [4.78, 5) is 37.8. The van der Waals surface area contributed by atoms with Crippen LogP contribution in [0.15, 0.2) is 57.9 Å². The van der Waals surface area contributed by atoms with Crippen molar-refractivity contribution in [2.75, 3.05) is 13.2 Å². The van der Waals surface area contributed by atoms with Gasteiger partial charge in [-0.1, -0.05) is 40.2 Å². The van der Waals surface area contributed by atoms with Gasteiger partial charge in [-0.15, -0.1) is 0 Å². The lowest BCUT2D eigenvalue weighted by Crippen LogP contribution is -2.27. The Morgan fingerprint density at radius 2 is 1.79 bits per heavy atom. The number of carbonyl (C=O) groups is 3. The van der Waals surface area contributed by atoms with E-state index in [0.29, 0.717) is 17.3 Å². The fourth-order valence-electron chi connectivity index (χ4n) is 2.57. The maximum atomic E-state index is 12.6. The van der Waals surface area contributed by atoms with E-state index in [1.807, 2.05) is 24.3 Å². The van der Waals surface area contributed by atoms with Gasteiger partial charge in [0.2, 0.25) is 0 Å². The maximum absolute atomic E-state index is 12.6. The molecule has 1 fully saturated rings. The van der Waals surface area contributed by atoms with Crippen molar-refractivity contribution in [3.8, 4) is 5.75 Å². The number of imide groups is 1. The van der Waals surface area contributed by atoms with Crippen LogP contribution in [0, 0.1) is 0 Å². The Kier molecular flexibility index (Phi) is 7.11. The number of rotatable bonds is 7. The van der Waals surface area contributed by atoms with Crippen molar-refractivity contribution in [2.45, 2.75) is 13.5 Å². The molecular formula is C21H18BrNO5S. The quantitative estimate of drug-likeness (QED) is 0.429. The number of hydrogen-bond acceptors (Lipinski definition) is 6. The van der Waals surface area contributed by atoms with E-state index >= 15 is 0 Å². The zero-order valence-electron chi connectivity index (χ0n) is 15.6. The average Bonchev–Trinajstić information content (AvgIpc) is 2.97. The normalized spacial score (nSPS) is 15.1. The van der Waals surface area contributed by atoms with Crippen molar-refractivity contribution in [2.24, 2.45) is 0 Å². The Morgan fingerprint density at radius 1 is 1.10 bits per heavy atom. The number of benzene rings is 2. The predicted octanol–water partition coefficient (Wildman–Crippen LogP) is 4.63. The van der Waals surface area contributed by atoms with Crippen LogP contribution >= 0.6 is 27.7 Å². The van der Waals surface area contributed by atoms with Crippen LogP contribution in [0.3, 0.4) is 0 Å². The third-order valence-corrected chi connectivity index (χ3v) is 5.40. The Morgan fingerprint density at radius 3 is 2.45 bits per heavy atom. The second-order valence-electron chi connectivity index (χ2n) is 6.06. The smallest absolute Gasteiger partial charge is 0.344 e. The topological polar surface area (TPSA) is 72.9 Å². The summed E-state index contributed by atoms with van der Waals surface area (Å²) in [5, 5.41) is -0.293. The van der Waals surface area contributed by atoms with Gasteiger partial charge in [-0.3, -0.25) is 14.5 Å². The van der Waals surface area contributed by atoms with Crippen LogP contribution in [0.25, 0.3) is 6.08 Å². The summed E-state index contributed by atoms with van der Waals surface area (Å²) in [6.45, 7) is 2.10. The van der Waals surface area contributed by atoms with Gasteiger partial charge in [0.1, 0.15) is 5.75 Å². The molecule has 0 bridgehead atoms. The van der Waals surface area contributed by atoms with Gasteiger partial charge in [0.05, 0.1) is 18.1 Å². The minimum absolute atomic E-state index is 0.165. The Hall–Kier alpha value is -2.58. The second-order valence-corrected chi connectivity index (χ2v) is 7.97. The SMILES string of the molecule is CCOC(=O)COc1ccc(/C=C2\SC(=O)N(Cc3ccc(Br)cc3)C2=O)cc1. The Labute approximate surface area is 181 Å². The molecule has 1 aliphatic rings. The van der Waals surface area contributed by atoms with Crippen LogP contribution in [0.1, 0.15) is 18.1 Å². The highest BCUT2D eigenvalue weighted by molar-refractivity contribution is 9.10. The Balaban J connectivity index is 1.64. The molecule has 6 nitrogen and oxygen atoms in total. The minimum atomic E-state index is -0.434. The highest BCUT2D eigenvalue weighted by Gasteiger charge is 2.34. The number of halogens is 1. The first kappa shape index (κ1) is 21.1. The molecule has 0 unspecified atom stereocenters. The average molecular weight is 476 g/mol. The van der Waals surface area contributed by atoms with E-state index in [1.54, 1.807) is 37.3 Å². The molecule has 0 spiro atoms. The number of amides is 2. The molecule has 8 heteroatoms. The third kappa shape index (κ3) is 5.71. The molecule has 3 rings (SSSR count). The van der Waals surface area contributed by atoms with Crippen molar-refractivity contribution >= 4 is 50.9 Å². The molecule has 2 amide bonds. The lowest BCUT2D eigenvalue weighted by atomic mass is 10.2. The molecular weight excluding hydrogens is 458 g/mol. The van der Waals surface area contributed by atoms with Crippen LogP contribution < -0.4 is 4.74 Å². The summed E-state index contributed by atoms with van der Waals surface area (Å²) in [6, 6.07) is 14.4. The molecule has 1 aliphatic heterocycles. The molecule has 1 heterocycles. The van der Waals surface area contributed by atoms with E-state index < -0.39 is 5.97 Å².